The number of nitrogens with one attached hydrogen (secondary N) is 1. The number of thiophene rings is 1. The Bertz CT molecular complexity index is 639. The quantitative estimate of drug-likeness (QED) is 0.886. The molecule has 0 aliphatic rings. The Morgan fingerprint density at radius 2 is 2.10 bits per heavy atom. The Morgan fingerprint density at radius 3 is 2.75 bits per heavy atom. The minimum Gasteiger partial charge on any atom is -0.393 e. The van der Waals surface area contributed by atoms with Gasteiger partial charge in [-0.05, 0) is 32.4 Å². The number of carbonyl (C=O) groups is 1. The minimum atomic E-state index is -0.456. The SMILES string of the molecule is CC(O)CC(C)NC(=O)c1sc2cc(Cl)ccc2c1Cl. The molecule has 6 heteroatoms. The molecule has 1 amide bonds. The first-order chi connectivity index (χ1) is 9.38. The smallest absolute Gasteiger partial charge is 0.263 e. The number of aliphatic hydroxyl groups is 1. The second kappa shape index (κ2) is 6.31. The molecule has 2 aromatic rings. The van der Waals surface area contributed by atoms with E-state index in [2.05, 4.69) is 5.32 Å². The van der Waals surface area contributed by atoms with Crippen molar-refractivity contribution in [2.45, 2.75) is 32.4 Å². The molecule has 0 spiro atoms. The Kier molecular flexibility index (Phi) is 4.91. The first-order valence-corrected chi connectivity index (χ1v) is 7.82. The largest absolute Gasteiger partial charge is 0.393 e. The average molecular weight is 332 g/mol. The summed E-state index contributed by atoms with van der Waals surface area (Å²) in [6, 6.07) is 5.24. The van der Waals surface area contributed by atoms with Gasteiger partial charge in [-0.3, -0.25) is 4.79 Å². The van der Waals surface area contributed by atoms with Crippen LogP contribution in [0.4, 0.5) is 0 Å². The molecular formula is C14H15Cl2NO2S. The molecule has 0 radical (unpaired) electrons. The normalized spacial score (nSPS) is 14.2. The Balaban J connectivity index is 2.24. The summed E-state index contributed by atoms with van der Waals surface area (Å²) in [6.45, 7) is 3.54. The molecule has 0 bridgehead atoms. The second-order valence-electron chi connectivity index (χ2n) is 4.84. The van der Waals surface area contributed by atoms with Crippen molar-refractivity contribution in [1.29, 1.82) is 0 Å². The third-order valence-electron chi connectivity index (χ3n) is 2.87. The van der Waals surface area contributed by atoms with E-state index in [0.717, 1.165) is 10.1 Å². The monoisotopic (exact) mass is 331 g/mol. The van der Waals surface area contributed by atoms with Gasteiger partial charge in [-0.15, -0.1) is 11.3 Å². The number of aliphatic hydroxyl groups excluding tert-OH is 1. The van der Waals surface area contributed by atoms with Crippen LogP contribution in [0.15, 0.2) is 18.2 Å². The molecular weight excluding hydrogens is 317 g/mol. The minimum absolute atomic E-state index is 0.118. The maximum absolute atomic E-state index is 12.2. The van der Waals surface area contributed by atoms with Crippen LogP contribution in [0.1, 0.15) is 29.9 Å². The summed E-state index contributed by atoms with van der Waals surface area (Å²) < 4.78 is 0.885. The molecule has 1 aromatic heterocycles. The predicted molar refractivity (Wildman–Crippen MR) is 85.1 cm³/mol. The van der Waals surface area contributed by atoms with Gasteiger partial charge >= 0.3 is 0 Å². The van der Waals surface area contributed by atoms with Crippen LogP contribution < -0.4 is 5.32 Å². The molecule has 108 valence electrons. The van der Waals surface area contributed by atoms with Crippen LogP contribution in [-0.2, 0) is 0 Å². The number of halogens is 2. The summed E-state index contributed by atoms with van der Waals surface area (Å²) in [6.07, 6.45) is 0.0436. The van der Waals surface area contributed by atoms with Crippen molar-refractivity contribution in [3.8, 4) is 0 Å². The molecule has 2 atom stereocenters. The van der Waals surface area contributed by atoms with Gasteiger partial charge < -0.3 is 10.4 Å². The van der Waals surface area contributed by atoms with Crippen molar-refractivity contribution in [3.63, 3.8) is 0 Å². The number of rotatable bonds is 4. The summed E-state index contributed by atoms with van der Waals surface area (Å²) in [5.74, 6) is -0.222. The molecule has 2 unspecified atom stereocenters. The van der Waals surface area contributed by atoms with E-state index < -0.39 is 6.10 Å². The van der Waals surface area contributed by atoms with Gasteiger partial charge in [-0.1, -0.05) is 29.3 Å². The molecule has 0 saturated carbocycles. The summed E-state index contributed by atoms with van der Waals surface area (Å²) in [5, 5.41) is 14.0. The van der Waals surface area contributed by atoms with Crippen molar-refractivity contribution < 1.29 is 9.90 Å². The molecule has 0 aliphatic heterocycles. The van der Waals surface area contributed by atoms with Crippen LogP contribution in [0.2, 0.25) is 10.0 Å². The molecule has 1 aromatic carbocycles. The zero-order chi connectivity index (χ0) is 14.9. The van der Waals surface area contributed by atoms with Crippen molar-refractivity contribution >= 4 is 50.5 Å². The lowest BCUT2D eigenvalue weighted by Gasteiger charge is -2.14. The van der Waals surface area contributed by atoms with Crippen LogP contribution >= 0.6 is 34.5 Å². The topological polar surface area (TPSA) is 49.3 Å². The highest BCUT2D eigenvalue weighted by atomic mass is 35.5. The second-order valence-corrected chi connectivity index (χ2v) is 6.71. The van der Waals surface area contributed by atoms with Gasteiger partial charge in [0.1, 0.15) is 4.88 Å². The Labute approximate surface area is 131 Å². The molecule has 20 heavy (non-hydrogen) atoms. The Hall–Kier alpha value is -0.810. The molecule has 0 saturated heterocycles. The highest BCUT2D eigenvalue weighted by molar-refractivity contribution is 7.21. The van der Waals surface area contributed by atoms with Crippen LogP contribution in [0, 0.1) is 0 Å². The zero-order valence-electron chi connectivity index (χ0n) is 11.1. The van der Waals surface area contributed by atoms with E-state index in [1.54, 1.807) is 19.1 Å². The number of fused-ring (bicyclic) bond motifs is 1. The van der Waals surface area contributed by atoms with Gasteiger partial charge in [0.05, 0.1) is 11.1 Å². The van der Waals surface area contributed by atoms with E-state index >= 15 is 0 Å². The van der Waals surface area contributed by atoms with Crippen LogP contribution in [0.5, 0.6) is 0 Å². The zero-order valence-corrected chi connectivity index (χ0v) is 13.4. The third kappa shape index (κ3) is 3.44. The van der Waals surface area contributed by atoms with Crippen LogP contribution in [0.25, 0.3) is 10.1 Å². The third-order valence-corrected chi connectivity index (χ3v) is 4.76. The van der Waals surface area contributed by atoms with Crippen molar-refractivity contribution in [3.05, 3.63) is 33.1 Å². The van der Waals surface area contributed by atoms with E-state index in [9.17, 15) is 9.90 Å². The molecule has 0 aliphatic carbocycles. The molecule has 1 heterocycles. The number of carbonyl (C=O) groups excluding carboxylic acids is 1. The van der Waals surface area contributed by atoms with Gasteiger partial charge in [0, 0.05) is 21.2 Å². The van der Waals surface area contributed by atoms with Gasteiger partial charge in [0.15, 0.2) is 0 Å². The standard InChI is InChI=1S/C14H15Cl2NO2S/c1-7(5-8(2)18)17-14(19)13-12(16)10-4-3-9(15)6-11(10)20-13/h3-4,6-8,18H,5H2,1-2H3,(H,17,19). The lowest BCUT2D eigenvalue weighted by Crippen LogP contribution is -2.34. The van der Waals surface area contributed by atoms with Crippen molar-refractivity contribution in [1.82, 2.24) is 5.32 Å². The Morgan fingerprint density at radius 1 is 1.40 bits per heavy atom. The fraction of sp³-hybridized carbons (Fsp3) is 0.357. The predicted octanol–water partition coefficient (Wildman–Crippen LogP) is 4.10. The van der Waals surface area contributed by atoms with E-state index in [4.69, 9.17) is 23.2 Å². The number of benzene rings is 1. The molecule has 2 rings (SSSR count). The number of hydrogen-bond acceptors (Lipinski definition) is 3. The number of hydrogen-bond donors (Lipinski definition) is 2. The number of amides is 1. The van der Waals surface area contributed by atoms with Crippen molar-refractivity contribution in [2.24, 2.45) is 0 Å². The highest BCUT2D eigenvalue weighted by Crippen LogP contribution is 2.36. The first-order valence-electron chi connectivity index (χ1n) is 6.25. The maximum atomic E-state index is 12.2. The van der Waals surface area contributed by atoms with E-state index in [-0.39, 0.29) is 11.9 Å². The van der Waals surface area contributed by atoms with Gasteiger partial charge in [-0.25, -0.2) is 0 Å². The lowest BCUT2D eigenvalue weighted by molar-refractivity contribution is 0.0927. The first kappa shape index (κ1) is 15.6. The average Bonchev–Trinajstić information content (AvgIpc) is 2.65. The summed E-state index contributed by atoms with van der Waals surface area (Å²) >= 11 is 13.5. The summed E-state index contributed by atoms with van der Waals surface area (Å²) in [7, 11) is 0. The van der Waals surface area contributed by atoms with Crippen molar-refractivity contribution in [2.75, 3.05) is 0 Å². The molecule has 0 fully saturated rings. The molecule has 2 N–H and O–H groups in total. The van der Waals surface area contributed by atoms with Crippen LogP contribution in [0.3, 0.4) is 0 Å². The summed E-state index contributed by atoms with van der Waals surface area (Å²) in [4.78, 5) is 12.7. The van der Waals surface area contributed by atoms with Gasteiger partial charge in [0.25, 0.3) is 5.91 Å². The highest BCUT2D eigenvalue weighted by Gasteiger charge is 2.19. The fourth-order valence-electron chi connectivity index (χ4n) is 2.04. The van der Waals surface area contributed by atoms with Crippen LogP contribution in [-0.4, -0.2) is 23.2 Å². The molecule has 3 nitrogen and oxygen atoms in total. The fourth-order valence-corrected chi connectivity index (χ4v) is 3.74. The van der Waals surface area contributed by atoms with E-state index in [1.165, 1.54) is 11.3 Å². The summed E-state index contributed by atoms with van der Waals surface area (Å²) in [5.41, 5.74) is 0. The van der Waals surface area contributed by atoms with Gasteiger partial charge in [0.2, 0.25) is 0 Å². The van der Waals surface area contributed by atoms with Gasteiger partial charge in [-0.2, -0.15) is 0 Å². The van der Waals surface area contributed by atoms with E-state index in [1.807, 2.05) is 13.0 Å². The van der Waals surface area contributed by atoms with E-state index in [0.29, 0.717) is 21.3 Å². The maximum Gasteiger partial charge on any atom is 0.263 e. The lowest BCUT2D eigenvalue weighted by atomic mass is 10.1.